The van der Waals surface area contributed by atoms with Crippen LogP contribution in [0, 0.1) is 0 Å². The van der Waals surface area contributed by atoms with Crippen LogP contribution in [0.5, 0.6) is 11.5 Å². The first kappa shape index (κ1) is 22.0. The van der Waals surface area contributed by atoms with Gasteiger partial charge in [0.15, 0.2) is 0 Å². The summed E-state index contributed by atoms with van der Waals surface area (Å²) in [5.74, 6) is 1.83. The van der Waals surface area contributed by atoms with Gasteiger partial charge >= 0.3 is 0 Å². The number of fused-ring (bicyclic) bond motifs is 1. The van der Waals surface area contributed by atoms with Crippen molar-refractivity contribution in [3.63, 3.8) is 0 Å². The second kappa shape index (κ2) is 10.4. The lowest BCUT2D eigenvalue weighted by Gasteiger charge is -2.20. The molecule has 160 valence electrons. The van der Waals surface area contributed by atoms with E-state index in [0.717, 1.165) is 21.5 Å². The fourth-order valence-corrected chi connectivity index (χ4v) is 4.16. The number of pyridine rings is 1. The fourth-order valence-electron chi connectivity index (χ4n) is 3.00. The predicted octanol–water partition coefficient (Wildman–Crippen LogP) is 2.02. The number of nitrogens with zero attached hydrogens (tertiary/aromatic N) is 1. The van der Waals surface area contributed by atoms with E-state index in [0.29, 0.717) is 24.6 Å². The summed E-state index contributed by atoms with van der Waals surface area (Å²) in [6.45, 7) is 1.13. The molecule has 3 aromatic rings. The summed E-state index contributed by atoms with van der Waals surface area (Å²) in [4.78, 5) is 16.8. The minimum atomic E-state index is -1.11. The number of aliphatic hydroxyl groups is 1. The van der Waals surface area contributed by atoms with Gasteiger partial charge in [-0.25, -0.2) is 0 Å². The number of H-pyrrole nitrogens is 1. The molecule has 8 heteroatoms. The van der Waals surface area contributed by atoms with Gasteiger partial charge in [-0.3, -0.25) is 9.00 Å². The summed E-state index contributed by atoms with van der Waals surface area (Å²) >= 11 is 0. The largest absolute Gasteiger partial charge is 0.497 e. The average Bonchev–Trinajstić information content (AvgIpc) is 2.76. The number of rotatable bonds is 10. The van der Waals surface area contributed by atoms with Crippen molar-refractivity contribution in [1.82, 2.24) is 9.88 Å². The van der Waals surface area contributed by atoms with Crippen LogP contribution in [-0.2, 0) is 10.8 Å². The Bertz CT molecular complexity index is 1050. The second-order valence-electron chi connectivity index (χ2n) is 7.02. The van der Waals surface area contributed by atoms with Gasteiger partial charge in [0.25, 0.3) is 0 Å². The Kier molecular flexibility index (Phi) is 7.62. The average molecular weight is 431 g/mol. The summed E-state index contributed by atoms with van der Waals surface area (Å²) in [6.07, 6.45) is -0.685. The molecular formula is C22H26N2O5S. The monoisotopic (exact) mass is 430 g/mol. The van der Waals surface area contributed by atoms with E-state index in [9.17, 15) is 14.1 Å². The summed E-state index contributed by atoms with van der Waals surface area (Å²) in [6, 6.07) is 15.7. The van der Waals surface area contributed by atoms with E-state index in [2.05, 4.69) is 4.98 Å². The maximum atomic E-state index is 12.4. The minimum Gasteiger partial charge on any atom is -0.497 e. The highest BCUT2D eigenvalue weighted by Crippen LogP contribution is 2.18. The molecule has 0 saturated carbocycles. The van der Waals surface area contributed by atoms with Crippen molar-refractivity contribution < 1.29 is 18.8 Å². The molecule has 2 atom stereocenters. The Balaban J connectivity index is 1.43. The fraction of sp³-hybridized carbons (Fsp3) is 0.318. The molecule has 2 N–H and O–H groups in total. The molecule has 0 fully saturated rings. The molecule has 0 bridgehead atoms. The maximum Gasteiger partial charge on any atom is 0.248 e. The highest BCUT2D eigenvalue weighted by Gasteiger charge is 2.12. The number of likely N-dealkylation sites (N-methyl/N-ethyl adjacent to an activating group) is 1. The van der Waals surface area contributed by atoms with Crippen molar-refractivity contribution in [2.24, 2.45) is 0 Å². The molecule has 7 nitrogen and oxygen atoms in total. The van der Waals surface area contributed by atoms with E-state index in [-0.39, 0.29) is 12.2 Å². The van der Waals surface area contributed by atoms with Crippen molar-refractivity contribution in [2.75, 3.05) is 39.6 Å². The second-order valence-corrected chi connectivity index (χ2v) is 8.59. The first-order chi connectivity index (χ1) is 14.4. The lowest BCUT2D eigenvalue weighted by Crippen LogP contribution is -2.35. The Labute approximate surface area is 177 Å². The number of methoxy groups -OCH3 is 1. The molecule has 0 amide bonds. The van der Waals surface area contributed by atoms with Gasteiger partial charge in [0, 0.05) is 40.7 Å². The van der Waals surface area contributed by atoms with Gasteiger partial charge in [-0.1, -0.05) is 0 Å². The zero-order valence-electron chi connectivity index (χ0n) is 17.0. The number of aliphatic hydroxyl groups excluding tert-OH is 1. The summed E-state index contributed by atoms with van der Waals surface area (Å²) < 4.78 is 23.2. The molecule has 2 aromatic carbocycles. The molecule has 0 spiro atoms. The van der Waals surface area contributed by atoms with Crippen molar-refractivity contribution in [3.8, 4) is 11.5 Å². The third-order valence-corrected chi connectivity index (χ3v) is 5.99. The van der Waals surface area contributed by atoms with Crippen LogP contribution < -0.4 is 15.0 Å². The summed E-state index contributed by atoms with van der Waals surface area (Å²) in [5, 5.41) is 11.1. The smallest absolute Gasteiger partial charge is 0.248 e. The van der Waals surface area contributed by atoms with E-state index < -0.39 is 16.9 Å². The van der Waals surface area contributed by atoms with Gasteiger partial charge in [-0.15, -0.1) is 0 Å². The number of hydrogen-bond donors (Lipinski definition) is 2. The Morgan fingerprint density at radius 2 is 1.83 bits per heavy atom. The zero-order chi connectivity index (χ0) is 21.5. The van der Waals surface area contributed by atoms with E-state index >= 15 is 0 Å². The van der Waals surface area contributed by atoms with E-state index in [1.165, 1.54) is 6.07 Å². The standard InChI is InChI=1S/C22H26N2O5S/c1-24(11-12-30(27)20-7-4-18(28-2)5-8-20)14-17(25)15-29-19-6-9-21-16(13-19)3-10-22(26)23-21/h3-10,13,17,25H,11-12,14-15H2,1-2H3,(H,23,26). The Morgan fingerprint density at radius 1 is 1.10 bits per heavy atom. The molecule has 0 aliphatic rings. The van der Waals surface area contributed by atoms with Crippen LogP contribution in [0.1, 0.15) is 0 Å². The summed E-state index contributed by atoms with van der Waals surface area (Å²) in [7, 11) is 2.36. The molecule has 3 rings (SSSR count). The number of aromatic nitrogens is 1. The lowest BCUT2D eigenvalue weighted by atomic mass is 10.2. The summed E-state index contributed by atoms with van der Waals surface area (Å²) in [5.41, 5.74) is 0.586. The molecule has 0 aliphatic carbocycles. The molecular weight excluding hydrogens is 404 g/mol. The maximum absolute atomic E-state index is 12.4. The van der Waals surface area contributed by atoms with Crippen molar-refractivity contribution >= 4 is 21.7 Å². The third-order valence-electron chi connectivity index (χ3n) is 4.64. The van der Waals surface area contributed by atoms with E-state index in [4.69, 9.17) is 9.47 Å². The van der Waals surface area contributed by atoms with Crippen LogP contribution in [0.25, 0.3) is 10.9 Å². The molecule has 1 aromatic heterocycles. The van der Waals surface area contributed by atoms with Gasteiger partial charge in [0.2, 0.25) is 5.56 Å². The number of hydrogen-bond acceptors (Lipinski definition) is 6. The van der Waals surface area contributed by atoms with Gasteiger partial charge in [-0.2, -0.15) is 0 Å². The quantitative estimate of drug-likeness (QED) is 0.511. The topological polar surface area (TPSA) is 91.9 Å². The van der Waals surface area contributed by atoms with Gasteiger partial charge < -0.3 is 24.5 Å². The molecule has 30 heavy (non-hydrogen) atoms. The molecule has 2 unspecified atom stereocenters. The van der Waals surface area contributed by atoms with Crippen LogP contribution in [0.15, 0.2) is 64.3 Å². The molecule has 1 heterocycles. The highest BCUT2D eigenvalue weighted by atomic mass is 32.2. The van der Waals surface area contributed by atoms with E-state index in [1.807, 2.05) is 18.0 Å². The first-order valence-electron chi connectivity index (χ1n) is 9.59. The minimum absolute atomic E-state index is 0.140. The highest BCUT2D eigenvalue weighted by molar-refractivity contribution is 7.85. The lowest BCUT2D eigenvalue weighted by molar-refractivity contribution is 0.0781. The normalized spacial score (nSPS) is 13.3. The van der Waals surface area contributed by atoms with Gasteiger partial charge in [0.05, 0.1) is 17.9 Å². The number of nitrogens with one attached hydrogen (secondary N) is 1. The van der Waals surface area contributed by atoms with Gasteiger partial charge in [0.1, 0.15) is 24.2 Å². The van der Waals surface area contributed by atoms with Crippen LogP contribution in [-0.4, -0.2) is 64.9 Å². The third kappa shape index (κ3) is 6.16. The molecule has 0 saturated heterocycles. The van der Waals surface area contributed by atoms with E-state index in [1.54, 1.807) is 49.6 Å². The van der Waals surface area contributed by atoms with Crippen LogP contribution in [0.2, 0.25) is 0 Å². The van der Waals surface area contributed by atoms with Crippen molar-refractivity contribution in [3.05, 3.63) is 65.0 Å². The van der Waals surface area contributed by atoms with Crippen molar-refractivity contribution in [1.29, 1.82) is 0 Å². The van der Waals surface area contributed by atoms with Crippen molar-refractivity contribution in [2.45, 2.75) is 11.0 Å². The Morgan fingerprint density at radius 3 is 2.57 bits per heavy atom. The Hall–Kier alpha value is -2.68. The first-order valence-corrected chi connectivity index (χ1v) is 10.9. The van der Waals surface area contributed by atoms with Gasteiger partial charge in [-0.05, 0) is 55.6 Å². The SMILES string of the molecule is COc1ccc(S(=O)CCN(C)CC(O)COc2ccc3[nH]c(=O)ccc3c2)cc1. The van der Waals surface area contributed by atoms with Crippen LogP contribution in [0.4, 0.5) is 0 Å². The predicted molar refractivity (Wildman–Crippen MR) is 118 cm³/mol. The zero-order valence-corrected chi connectivity index (χ0v) is 17.9. The molecule has 0 radical (unpaired) electrons. The number of aromatic amines is 1. The van der Waals surface area contributed by atoms with Crippen LogP contribution >= 0.6 is 0 Å². The number of benzene rings is 2. The molecule has 0 aliphatic heterocycles. The van der Waals surface area contributed by atoms with Crippen LogP contribution in [0.3, 0.4) is 0 Å². The number of ether oxygens (including phenoxy) is 2.